The molecule has 0 unspecified atom stereocenters. The summed E-state index contributed by atoms with van der Waals surface area (Å²) in [7, 11) is 0. The van der Waals surface area contributed by atoms with E-state index < -0.39 is 6.10 Å². The van der Waals surface area contributed by atoms with Crippen LogP contribution in [0, 0.1) is 6.92 Å². The summed E-state index contributed by atoms with van der Waals surface area (Å²) in [5.41, 5.74) is 2.24. The van der Waals surface area contributed by atoms with Gasteiger partial charge in [-0.15, -0.1) is 11.8 Å². The van der Waals surface area contributed by atoms with Gasteiger partial charge in [0, 0.05) is 10.6 Å². The van der Waals surface area contributed by atoms with Crippen molar-refractivity contribution in [2.75, 3.05) is 5.75 Å². The number of hydrogen-bond donors (Lipinski definition) is 1. The number of benzene rings is 2. The van der Waals surface area contributed by atoms with Crippen molar-refractivity contribution in [2.24, 2.45) is 0 Å². The highest BCUT2D eigenvalue weighted by molar-refractivity contribution is 7.99. The highest BCUT2D eigenvalue weighted by atomic mass is 32.2. The Morgan fingerprint density at radius 2 is 1.65 bits per heavy atom. The zero-order valence-corrected chi connectivity index (χ0v) is 10.7. The Kier molecular flexibility index (Phi) is 4.24. The number of aryl methyl sites for hydroxylation is 1. The van der Waals surface area contributed by atoms with Crippen molar-refractivity contribution in [1.29, 1.82) is 0 Å². The largest absolute Gasteiger partial charge is 0.388 e. The lowest BCUT2D eigenvalue weighted by Crippen LogP contribution is -1.99. The Bertz CT molecular complexity index is 450. The summed E-state index contributed by atoms with van der Waals surface area (Å²) in [6, 6.07) is 18.2. The van der Waals surface area contributed by atoms with Crippen LogP contribution in [0.5, 0.6) is 0 Å². The molecule has 0 saturated carbocycles. The first-order valence-electron chi connectivity index (χ1n) is 5.68. The molecule has 17 heavy (non-hydrogen) atoms. The first-order valence-corrected chi connectivity index (χ1v) is 6.67. The van der Waals surface area contributed by atoms with Gasteiger partial charge in [-0.1, -0.05) is 48.0 Å². The number of aliphatic hydroxyl groups is 1. The number of aliphatic hydroxyl groups excluding tert-OH is 1. The molecule has 0 fully saturated rings. The van der Waals surface area contributed by atoms with Crippen molar-refractivity contribution in [1.82, 2.24) is 0 Å². The second-order valence-corrected chi connectivity index (χ2v) is 5.14. The van der Waals surface area contributed by atoms with Crippen LogP contribution in [0.2, 0.25) is 0 Å². The van der Waals surface area contributed by atoms with Gasteiger partial charge in [0.05, 0.1) is 6.10 Å². The van der Waals surface area contributed by atoms with Crippen molar-refractivity contribution in [3.63, 3.8) is 0 Å². The summed E-state index contributed by atoms with van der Waals surface area (Å²) >= 11 is 1.68. The Labute approximate surface area is 107 Å². The maximum atomic E-state index is 10.0. The molecule has 2 aromatic rings. The fourth-order valence-corrected chi connectivity index (χ4v) is 2.45. The van der Waals surface area contributed by atoms with Crippen LogP contribution in [-0.4, -0.2) is 10.9 Å². The van der Waals surface area contributed by atoms with Gasteiger partial charge in [0.25, 0.3) is 0 Å². The van der Waals surface area contributed by atoms with Crippen LogP contribution >= 0.6 is 11.8 Å². The van der Waals surface area contributed by atoms with Crippen LogP contribution in [-0.2, 0) is 0 Å². The summed E-state index contributed by atoms with van der Waals surface area (Å²) in [4.78, 5) is 1.20. The van der Waals surface area contributed by atoms with Gasteiger partial charge in [-0.2, -0.15) is 0 Å². The molecule has 0 radical (unpaired) electrons. The average Bonchev–Trinajstić information content (AvgIpc) is 2.39. The molecule has 1 atom stereocenters. The predicted octanol–water partition coefficient (Wildman–Crippen LogP) is 3.82. The smallest absolute Gasteiger partial charge is 0.0883 e. The molecule has 2 aromatic carbocycles. The fourth-order valence-electron chi connectivity index (χ4n) is 1.58. The van der Waals surface area contributed by atoms with E-state index in [0.29, 0.717) is 5.75 Å². The van der Waals surface area contributed by atoms with E-state index in [2.05, 4.69) is 31.2 Å². The molecular weight excluding hydrogens is 228 g/mol. The lowest BCUT2D eigenvalue weighted by atomic mass is 10.1. The van der Waals surface area contributed by atoms with E-state index in [0.717, 1.165) is 5.56 Å². The van der Waals surface area contributed by atoms with Crippen LogP contribution in [0.4, 0.5) is 0 Å². The van der Waals surface area contributed by atoms with Gasteiger partial charge >= 0.3 is 0 Å². The maximum Gasteiger partial charge on any atom is 0.0883 e. The van der Waals surface area contributed by atoms with E-state index in [1.54, 1.807) is 11.8 Å². The lowest BCUT2D eigenvalue weighted by Gasteiger charge is -2.10. The molecular formula is C15H16OS. The highest BCUT2D eigenvalue weighted by Gasteiger charge is 2.07. The second-order valence-electron chi connectivity index (χ2n) is 4.05. The zero-order valence-electron chi connectivity index (χ0n) is 9.84. The monoisotopic (exact) mass is 244 g/mol. The SMILES string of the molecule is Cc1ccc(SC[C@@H](O)c2ccccc2)cc1. The minimum Gasteiger partial charge on any atom is -0.388 e. The molecule has 0 aromatic heterocycles. The summed E-state index contributed by atoms with van der Waals surface area (Å²) in [5.74, 6) is 0.688. The van der Waals surface area contributed by atoms with Gasteiger partial charge in [0.1, 0.15) is 0 Å². The third kappa shape index (κ3) is 3.62. The van der Waals surface area contributed by atoms with Gasteiger partial charge in [-0.25, -0.2) is 0 Å². The molecule has 0 amide bonds. The normalized spacial score (nSPS) is 12.4. The van der Waals surface area contributed by atoms with Gasteiger partial charge in [-0.3, -0.25) is 0 Å². The Morgan fingerprint density at radius 3 is 2.29 bits per heavy atom. The standard InChI is InChI=1S/C15H16OS/c1-12-7-9-14(10-8-12)17-11-15(16)13-5-3-2-4-6-13/h2-10,15-16H,11H2,1H3/t15-/m1/s1. The quantitative estimate of drug-likeness (QED) is 0.825. The molecule has 2 rings (SSSR count). The second kappa shape index (κ2) is 5.89. The molecule has 0 spiro atoms. The number of hydrogen-bond acceptors (Lipinski definition) is 2. The van der Waals surface area contributed by atoms with E-state index in [4.69, 9.17) is 0 Å². The van der Waals surface area contributed by atoms with Crippen molar-refractivity contribution < 1.29 is 5.11 Å². The number of thioether (sulfide) groups is 1. The number of rotatable bonds is 4. The lowest BCUT2D eigenvalue weighted by molar-refractivity contribution is 0.204. The van der Waals surface area contributed by atoms with E-state index in [1.807, 2.05) is 30.3 Å². The first-order chi connectivity index (χ1) is 8.25. The van der Waals surface area contributed by atoms with Gasteiger partial charge < -0.3 is 5.11 Å². The Balaban J connectivity index is 1.92. The predicted molar refractivity (Wildman–Crippen MR) is 73.3 cm³/mol. The van der Waals surface area contributed by atoms with Crippen molar-refractivity contribution >= 4 is 11.8 Å². The van der Waals surface area contributed by atoms with Crippen LogP contribution in [0.3, 0.4) is 0 Å². The third-order valence-electron chi connectivity index (χ3n) is 2.61. The van der Waals surface area contributed by atoms with Crippen molar-refractivity contribution in [3.8, 4) is 0 Å². The van der Waals surface area contributed by atoms with E-state index in [-0.39, 0.29) is 0 Å². The molecule has 0 aliphatic rings. The van der Waals surface area contributed by atoms with Gasteiger partial charge in [0.2, 0.25) is 0 Å². The molecule has 88 valence electrons. The van der Waals surface area contributed by atoms with Gasteiger partial charge in [-0.05, 0) is 24.6 Å². The molecule has 2 heteroatoms. The highest BCUT2D eigenvalue weighted by Crippen LogP contribution is 2.24. The van der Waals surface area contributed by atoms with E-state index >= 15 is 0 Å². The first kappa shape index (κ1) is 12.2. The Hall–Kier alpha value is -1.25. The molecule has 0 bridgehead atoms. The minimum absolute atomic E-state index is 0.400. The summed E-state index contributed by atoms with van der Waals surface area (Å²) in [5, 5.41) is 10.0. The van der Waals surface area contributed by atoms with Crippen LogP contribution in [0.15, 0.2) is 59.5 Å². The summed E-state index contributed by atoms with van der Waals surface area (Å²) in [6.45, 7) is 2.08. The maximum absolute atomic E-state index is 10.0. The molecule has 1 nitrogen and oxygen atoms in total. The zero-order chi connectivity index (χ0) is 12.1. The average molecular weight is 244 g/mol. The van der Waals surface area contributed by atoms with E-state index in [1.165, 1.54) is 10.5 Å². The molecule has 0 saturated heterocycles. The molecule has 0 heterocycles. The Morgan fingerprint density at radius 1 is 1.00 bits per heavy atom. The molecule has 0 aliphatic carbocycles. The van der Waals surface area contributed by atoms with Crippen molar-refractivity contribution in [3.05, 3.63) is 65.7 Å². The molecule has 0 aliphatic heterocycles. The summed E-state index contributed by atoms with van der Waals surface area (Å²) < 4.78 is 0. The third-order valence-corrected chi connectivity index (χ3v) is 3.70. The van der Waals surface area contributed by atoms with Crippen LogP contribution in [0.1, 0.15) is 17.2 Å². The molecule has 1 N–H and O–H groups in total. The topological polar surface area (TPSA) is 20.2 Å². The van der Waals surface area contributed by atoms with Crippen LogP contribution in [0.25, 0.3) is 0 Å². The van der Waals surface area contributed by atoms with Crippen LogP contribution < -0.4 is 0 Å². The fraction of sp³-hybridized carbons (Fsp3) is 0.200. The van der Waals surface area contributed by atoms with E-state index in [9.17, 15) is 5.11 Å². The minimum atomic E-state index is -0.400. The van der Waals surface area contributed by atoms with Crippen molar-refractivity contribution in [2.45, 2.75) is 17.9 Å². The van der Waals surface area contributed by atoms with Gasteiger partial charge in [0.15, 0.2) is 0 Å². The summed E-state index contributed by atoms with van der Waals surface area (Å²) in [6.07, 6.45) is -0.400.